The van der Waals surface area contributed by atoms with Gasteiger partial charge in [-0.05, 0) is 18.2 Å². The third kappa shape index (κ3) is 3.90. The fraction of sp³-hybridized carbons (Fsp3) is 0.211. The van der Waals surface area contributed by atoms with Crippen molar-refractivity contribution in [2.75, 3.05) is 32.1 Å². The number of nitrogens with one attached hydrogen (secondary N) is 2. The zero-order valence-corrected chi connectivity index (χ0v) is 14.7. The van der Waals surface area contributed by atoms with E-state index >= 15 is 0 Å². The molecule has 0 unspecified atom stereocenters. The number of aromatic amines is 1. The van der Waals surface area contributed by atoms with E-state index in [9.17, 15) is 14.4 Å². The number of methoxy groups -OCH3 is 1. The van der Waals surface area contributed by atoms with Crippen LogP contribution in [0.4, 0.5) is 5.69 Å². The van der Waals surface area contributed by atoms with Gasteiger partial charge in [-0.2, -0.15) is 0 Å². The number of aliphatic hydroxyl groups is 1. The van der Waals surface area contributed by atoms with Gasteiger partial charge >= 0.3 is 5.97 Å². The number of benzene rings is 1. The van der Waals surface area contributed by atoms with E-state index in [0.717, 1.165) is 5.56 Å². The Bertz CT molecular complexity index is 964. The van der Waals surface area contributed by atoms with E-state index in [1.165, 1.54) is 18.1 Å². The van der Waals surface area contributed by atoms with Gasteiger partial charge in [0.25, 0.3) is 5.91 Å². The lowest BCUT2D eigenvalue weighted by molar-refractivity contribution is -0.136. The van der Waals surface area contributed by atoms with Gasteiger partial charge in [-0.15, -0.1) is 0 Å². The highest BCUT2D eigenvalue weighted by Crippen LogP contribution is 2.25. The van der Waals surface area contributed by atoms with Gasteiger partial charge in [0, 0.05) is 29.6 Å². The van der Waals surface area contributed by atoms with E-state index < -0.39 is 5.97 Å². The van der Waals surface area contributed by atoms with Crippen LogP contribution in [-0.2, 0) is 14.3 Å². The summed E-state index contributed by atoms with van der Waals surface area (Å²) >= 11 is 0. The molecule has 27 heavy (non-hydrogen) atoms. The van der Waals surface area contributed by atoms with Crippen LogP contribution < -0.4 is 10.9 Å². The van der Waals surface area contributed by atoms with Gasteiger partial charge in [-0.25, -0.2) is 4.79 Å². The minimum absolute atomic E-state index is 0.0695. The van der Waals surface area contributed by atoms with Crippen molar-refractivity contribution in [3.05, 3.63) is 64.1 Å². The zero-order chi connectivity index (χ0) is 19.4. The Hall–Kier alpha value is -3.39. The second kappa shape index (κ2) is 7.88. The quantitative estimate of drug-likeness (QED) is 0.647. The molecule has 8 nitrogen and oxygen atoms in total. The number of hydrogen-bond acceptors (Lipinski definition) is 6. The fourth-order valence-corrected chi connectivity index (χ4v) is 2.87. The highest BCUT2D eigenvalue weighted by atomic mass is 16.5. The number of esters is 1. The third-order valence-corrected chi connectivity index (χ3v) is 4.16. The van der Waals surface area contributed by atoms with Crippen molar-refractivity contribution in [1.82, 2.24) is 9.88 Å². The molecule has 2 heterocycles. The molecule has 0 saturated heterocycles. The molecule has 3 rings (SSSR count). The molecule has 0 aliphatic carbocycles. The van der Waals surface area contributed by atoms with Crippen LogP contribution in [0.2, 0.25) is 0 Å². The number of nitrogens with zero attached hydrogens (tertiary/aromatic N) is 1. The molecular weight excluding hydrogens is 350 g/mol. The molecule has 140 valence electrons. The smallest absolute Gasteiger partial charge is 0.337 e. The van der Waals surface area contributed by atoms with Crippen molar-refractivity contribution in [1.29, 1.82) is 0 Å². The summed E-state index contributed by atoms with van der Waals surface area (Å²) in [6, 6.07) is 11.9. The van der Waals surface area contributed by atoms with Crippen LogP contribution in [-0.4, -0.2) is 53.7 Å². The second-order valence-electron chi connectivity index (χ2n) is 5.93. The van der Waals surface area contributed by atoms with Crippen molar-refractivity contribution < 1.29 is 19.4 Å². The Morgan fingerprint density at radius 2 is 2.04 bits per heavy atom. The number of aromatic nitrogens is 1. The maximum absolute atomic E-state index is 12.6. The van der Waals surface area contributed by atoms with Gasteiger partial charge in [0.05, 0.1) is 25.8 Å². The number of carbonyl (C=O) groups excluding carboxylic acids is 2. The van der Waals surface area contributed by atoms with Gasteiger partial charge in [0.2, 0.25) is 5.56 Å². The van der Waals surface area contributed by atoms with Crippen LogP contribution >= 0.6 is 0 Å². The maximum Gasteiger partial charge on any atom is 0.337 e. The Kier molecular flexibility index (Phi) is 5.37. The highest BCUT2D eigenvalue weighted by molar-refractivity contribution is 6.08. The molecule has 0 atom stereocenters. The minimum atomic E-state index is -0.602. The molecular formula is C19H19N3O5. The molecule has 8 heteroatoms. The Morgan fingerprint density at radius 3 is 2.74 bits per heavy atom. The van der Waals surface area contributed by atoms with Gasteiger partial charge < -0.3 is 25.0 Å². The van der Waals surface area contributed by atoms with Gasteiger partial charge in [0.15, 0.2) is 0 Å². The molecule has 1 aromatic heterocycles. The van der Waals surface area contributed by atoms with E-state index in [2.05, 4.69) is 10.3 Å². The largest absolute Gasteiger partial charge is 0.466 e. The van der Waals surface area contributed by atoms with Gasteiger partial charge in [0.1, 0.15) is 5.70 Å². The summed E-state index contributed by atoms with van der Waals surface area (Å²) in [5.74, 6) is -0.988. The average molecular weight is 369 g/mol. The van der Waals surface area contributed by atoms with E-state index in [0.29, 0.717) is 11.4 Å². The normalized spacial score (nSPS) is 13.9. The lowest BCUT2D eigenvalue weighted by Crippen LogP contribution is -2.31. The van der Waals surface area contributed by atoms with Crippen molar-refractivity contribution >= 4 is 17.6 Å². The summed E-state index contributed by atoms with van der Waals surface area (Å²) in [6.45, 7) is -0.0137. The van der Waals surface area contributed by atoms with Crippen LogP contribution in [0.1, 0.15) is 0 Å². The molecule has 2 aromatic rings. The second-order valence-corrected chi connectivity index (χ2v) is 5.93. The lowest BCUT2D eigenvalue weighted by atomic mass is 10.1. The first-order valence-electron chi connectivity index (χ1n) is 8.32. The number of β-amino-alcohol motifs (C(OH)–C–C–N with tert-alkyl or cyclic N) is 1. The summed E-state index contributed by atoms with van der Waals surface area (Å²) < 4.78 is 4.77. The molecule has 0 bridgehead atoms. The number of amides is 1. The topological polar surface area (TPSA) is 112 Å². The molecule has 3 N–H and O–H groups in total. The standard InChI is InChI=1S/C19H19N3O5/c1-27-19(26)14-11-22(8-9-23)18(25)17(14)20-13-5-2-4-12(10-13)15-6-3-7-16(24)21-15/h2-7,10,20,23H,8-9,11H2,1H3,(H,21,24). The number of H-pyrrole nitrogens is 1. The van der Waals surface area contributed by atoms with Crippen LogP contribution in [0.15, 0.2) is 58.5 Å². The van der Waals surface area contributed by atoms with E-state index in [-0.39, 0.29) is 42.4 Å². The molecule has 1 amide bonds. The zero-order valence-electron chi connectivity index (χ0n) is 14.7. The Morgan fingerprint density at radius 1 is 1.26 bits per heavy atom. The number of aliphatic hydroxyl groups excluding tert-OH is 1. The number of ether oxygens (including phenoxy) is 1. The van der Waals surface area contributed by atoms with Crippen LogP contribution in [0.25, 0.3) is 11.3 Å². The van der Waals surface area contributed by atoms with Crippen molar-refractivity contribution in [2.24, 2.45) is 0 Å². The fourth-order valence-electron chi connectivity index (χ4n) is 2.87. The first-order chi connectivity index (χ1) is 13.0. The number of pyridine rings is 1. The SMILES string of the molecule is COC(=O)C1=C(Nc2cccc(-c3cccc(=O)[nH]3)c2)C(=O)N(CCO)C1. The third-order valence-electron chi connectivity index (χ3n) is 4.16. The lowest BCUT2D eigenvalue weighted by Gasteiger charge is -2.15. The number of rotatable bonds is 6. The molecule has 1 aliphatic rings. The highest BCUT2D eigenvalue weighted by Gasteiger charge is 2.34. The monoisotopic (exact) mass is 369 g/mol. The average Bonchev–Trinajstić information content (AvgIpc) is 2.98. The van der Waals surface area contributed by atoms with Crippen LogP contribution in [0, 0.1) is 0 Å². The first kappa shape index (κ1) is 18.4. The molecule has 0 spiro atoms. The molecule has 1 aromatic carbocycles. The van der Waals surface area contributed by atoms with Gasteiger partial charge in [-0.1, -0.05) is 18.2 Å². The molecule has 0 radical (unpaired) electrons. The number of carbonyl (C=O) groups is 2. The molecule has 0 saturated carbocycles. The summed E-state index contributed by atoms with van der Waals surface area (Å²) in [5.41, 5.74) is 2.06. The number of anilines is 1. The van der Waals surface area contributed by atoms with Crippen molar-refractivity contribution in [3.63, 3.8) is 0 Å². The number of hydrogen-bond donors (Lipinski definition) is 3. The van der Waals surface area contributed by atoms with E-state index in [1.54, 1.807) is 30.3 Å². The summed E-state index contributed by atoms with van der Waals surface area (Å²) in [7, 11) is 1.25. The van der Waals surface area contributed by atoms with Crippen LogP contribution in [0.3, 0.4) is 0 Å². The first-order valence-corrected chi connectivity index (χ1v) is 8.32. The Balaban J connectivity index is 1.93. The Labute approximate surface area is 155 Å². The molecule has 0 fully saturated rings. The van der Waals surface area contributed by atoms with E-state index in [4.69, 9.17) is 9.84 Å². The summed E-state index contributed by atoms with van der Waals surface area (Å²) in [4.78, 5) is 40.2. The predicted octanol–water partition coefficient (Wildman–Crippen LogP) is 0.715. The molecule has 1 aliphatic heterocycles. The minimum Gasteiger partial charge on any atom is -0.466 e. The van der Waals surface area contributed by atoms with Gasteiger partial charge in [-0.3, -0.25) is 9.59 Å². The van der Waals surface area contributed by atoms with Crippen LogP contribution in [0.5, 0.6) is 0 Å². The van der Waals surface area contributed by atoms with E-state index in [1.807, 2.05) is 6.07 Å². The summed E-state index contributed by atoms with van der Waals surface area (Å²) in [5, 5.41) is 12.1. The maximum atomic E-state index is 12.6. The van der Waals surface area contributed by atoms with Crippen molar-refractivity contribution in [2.45, 2.75) is 0 Å². The summed E-state index contributed by atoms with van der Waals surface area (Å²) in [6.07, 6.45) is 0. The van der Waals surface area contributed by atoms with Crippen molar-refractivity contribution in [3.8, 4) is 11.3 Å². The predicted molar refractivity (Wildman–Crippen MR) is 98.8 cm³/mol.